The van der Waals surface area contributed by atoms with E-state index in [4.69, 9.17) is 14.2 Å². The molecule has 0 spiro atoms. The number of hydrogen-bond donors (Lipinski definition) is 0. The summed E-state index contributed by atoms with van der Waals surface area (Å²) in [6.07, 6.45) is 8.41. The molecule has 11 nitrogen and oxygen atoms in total. The van der Waals surface area contributed by atoms with Gasteiger partial charge in [0.2, 0.25) is 5.96 Å². The predicted molar refractivity (Wildman–Crippen MR) is 112 cm³/mol. The summed E-state index contributed by atoms with van der Waals surface area (Å²) in [5, 5.41) is 0. The van der Waals surface area contributed by atoms with Gasteiger partial charge >= 0.3 is 23.8 Å². The third-order valence-corrected chi connectivity index (χ3v) is 5.42. The van der Waals surface area contributed by atoms with E-state index in [2.05, 4.69) is 9.98 Å². The van der Waals surface area contributed by atoms with Crippen molar-refractivity contribution < 1.29 is 33.4 Å². The van der Waals surface area contributed by atoms with E-state index in [1.165, 1.54) is 24.4 Å². The zero-order valence-corrected chi connectivity index (χ0v) is 18.3. The number of nitrogens with zero attached hydrogens (tertiary/aromatic N) is 4. The van der Waals surface area contributed by atoms with Crippen molar-refractivity contribution in [1.29, 1.82) is 0 Å². The summed E-state index contributed by atoms with van der Waals surface area (Å²) < 4.78 is 14.8. The maximum Gasteiger partial charge on any atom is 0.397 e. The van der Waals surface area contributed by atoms with Gasteiger partial charge in [-0.15, -0.1) is 0 Å². The molecule has 1 unspecified atom stereocenters. The first-order valence-corrected chi connectivity index (χ1v) is 10.4. The highest BCUT2D eigenvalue weighted by Crippen LogP contribution is 2.33. The van der Waals surface area contributed by atoms with E-state index in [0.717, 1.165) is 31.3 Å². The molecule has 3 aliphatic rings. The summed E-state index contributed by atoms with van der Waals surface area (Å²) in [5.74, 6) is -3.77. The van der Waals surface area contributed by atoms with Crippen molar-refractivity contribution in [3.05, 3.63) is 23.7 Å². The Hall–Kier alpha value is -3.50. The zero-order valence-electron chi connectivity index (χ0n) is 18.3. The van der Waals surface area contributed by atoms with Crippen molar-refractivity contribution in [2.45, 2.75) is 51.1 Å². The van der Waals surface area contributed by atoms with Crippen LogP contribution in [0.5, 0.6) is 0 Å². The molecule has 0 bridgehead atoms. The van der Waals surface area contributed by atoms with Gasteiger partial charge in [-0.2, -0.15) is 4.99 Å². The van der Waals surface area contributed by atoms with E-state index in [9.17, 15) is 19.2 Å². The topological polar surface area (TPSA) is 127 Å². The monoisotopic (exact) mass is 446 g/mol. The number of ether oxygens (including phenoxy) is 3. The Bertz CT molecular complexity index is 915. The minimum Gasteiger partial charge on any atom is -0.467 e. The molecule has 0 aromatic rings. The van der Waals surface area contributed by atoms with Gasteiger partial charge in [-0.1, -0.05) is 19.3 Å². The second-order valence-corrected chi connectivity index (χ2v) is 7.28. The summed E-state index contributed by atoms with van der Waals surface area (Å²) in [6.45, 7) is 1.60. The molecule has 2 aliphatic heterocycles. The van der Waals surface area contributed by atoms with Crippen molar-refractivity contribution in [3.63, 3.8) is 0 Å². The molecule has 1 atom stereocenters. The van der Waals surface area contributed by atoms with Crippen molar-refractivity contribution >= 4 is 36.0 Å². The highest BCUT2D eigenvalue weighted by Gasteiger charge is 2.46. The van der Waals surface area contributed by atoms with Crippen LogP contribution < -0.4 is 0 Å². The van der Waals surface area contributed by atoms with Gasteiger partial charge in [0.1, 0.15) is 5.57 Å². The van der Waals surface area contributed by atoms with Crippen LogP contribution in [0.4, 0.5) is 0 Å². The molecule has 1 aliphatic carbocycles. The third kappa shape index (κ3) is 4.41. The number of rotatable bonds is 5. The van der Waals surface area contributed by atoms with E-state index in [-0.39, 0.29) is 24.0 Å². The lowest BCUT2D eigenvalue weighted by molar-refractivity contribution is -0.160. The molecule has 11 heteroatoms. The van der Waals surface area contributed by atoms with Crippen LogP contribution in [0.1, 0.15) is 39.0 Å². The van der Waals surface area contributed by atoms with Gasteiger partial charge in [0.05, 0.1) is 20.8 Å². The number of esters is 3. The Kier molecular flexibility index (Phi) is 7.39. The number of hydrogen-bond acceptors (Lipinski definition) is 10. The fraction of sp³-hybridized carbons (Fsp3) is 0.524. The fourth-order valence-corrected chi connectivity index (χ4v) is 3.98. The zero-order chi connectivity index (χ0) is 23.3. The molecule has 1 amide bonds. The van der Waals surface area contributed by atoms with Crippen LogP contribution in [0.25, 0.3) is 0 Å². The quantitative estimate of drug-likeness (QED) is 0.346. The Morgan fingerprint density at radius 1 is 1.12 bits per heavy atom. The van der Waals surface area contributed by atoms with Gasteiger partial charge in [0.15, 0.2) is 11.9 Å². The maximum atomic E-state index is 13.2. The van der Waals surface area contributed by atoms with E-state index in [1.807, 2.05) is 0 Å². The van der Waals surface area contributed by atoms with Crippen LogP contribution in [0, 0.1) is 0 Å². The van der Waals surface area contributed by atoms with Gasteiger partial charge in [-0.3, -0.25) is 14.6 Å². The molecule has 0 radical (unpaired) electrons. The Morgan fingerprint density at radius 3 is 2.47 bits per heavy atom. The van der Waals surface area contributed by atoms with Crippen molar-refractivity contribution in [3.8, 4) is 0 Å². The maximum absolute atomic E-state index is 13.2. The lowest BCUT2D eigenvalue weighted by atomic mass is 9.93. The second kappa shape index (κ2) is 10.2. The van der Waals surface area contributed by atoms with Crippen LogP contribution in [-0.2, 0) is 33.4 Å². The first kappa shape index (κ1) is 23.2. The van der Waals surface area contributed by atoms with Crippen LogP contribution in [0.2, 0.25) is 0 Å². The predicted octanol–water partition coefficient (Wildman–Crippen LogP) is 0.907. The minimum atomic E-state index is -1.30. The van der Waals surface area contributed by atoms with Crippen LogP contribution in [-0.4, -0.2) is 78.7 Å². The highest BCUT2D eigenvalue weighted by molar-refractivity contribution is 6.33. The molecule has 1 fully saturated rings. The first-order valence-electron chi connectivity index (χ1n) is 10.4. The molecule has 0 N–H and O–H groups in total. The minimum absolute atomic E-state index is 0.00809. The van der Waals surface area contributed by atoms with Gasteiger partial charge in [-0.25, -0.2) is 19.4 Å². The number of carbonyl (C=O) groups is 4. The fourth-order valence-electron chi connectivity index (χ4n) is 3.98. The SMILES string of the molecule is CCOC(=O)C(=O)N(C1=C(C(=O)OC)C(C(=O)OC)N2C=CC=NC2=N1)C1CCCCC1. The van der Waals surface area contributed by atoms with E-state index >= 15 is 0 Å². The lowest BCUT2D eigenvalue weighted by Gasteiger charge is -2.39. The molecule has 0 saturated heterocycles. The summed E-state index contributed by atoms with van der Waals surface area (Å²) in [6, 6.07) is -1.71. The average molecular weight is 446 g/mol. The van der Waals surface area contributed by atoms with E-state index < -0.39 is 35.9 Å². The third-order valence-electron chi connectivity index (χ3n) is 5.42. The lowest BCUT2D eigenvalue weighted by Crippen LogP contribution is -2.53. The number of guanidine groups is 1. The highest BCUT2D eigenvalue weighted by atomic mass is 16.5. The van der Waals surface area contributed by atoms with Gasteiger partial charge in [0.25, 0.3) is 0 Å². The largest absolute Gasteiger partial charge is 0.467 e. The van der Waals surface area contributed by atoms with Gasteiger partial charge in [0, 0.05) is 18.5 Å². The van der Waals surface area contributed by atoms with Crippen LogP contribution in [0.3, 0.4) is 0 Å². The van der Waals surface area contributed by atoms with Gasteiger partial charge < -0.3 is 14.2 Å². The van der Waals surface area contributed by atoms with Crippen LogP contribution >= 0.6 is 0 Å². The summed E-state index contributed by atoms with van der Waals surface area (Å²) >= 11 is 0. The Morgan fingerprint density at radius 2 is 1.84 bits per heavy atom. The summed E-state index contributed by atoms with van der Waals surface area (Å²) in [4.78, 5) is 62.4. The number of methoxy groups -OCH3 is 2. The molecule has 2 heterocycles. The van der Waals surface area contributed by atoms with Crippen molar-refractivity contribution in [2.75, 3.05) is 20.8 Å². The van der Waals surface area contributed by atoms with Crippen molar-refractivity contribution in [1.82, 2.24) is 9.80 Å². The number of allylic oxidation sites excluding steroid dienone is 1. The second-order valence-electron chi connectivity index (χ2n) is 7.28. The van der Waals surface area contributed by atoms with Crippen molar-refractivity contribution in [2.24, 2.45) is 9.98 Å². The normalized spacial score (nSPS) is 20.3. The summed E-state index contributed by atoms with van der Waals surface area (Å²) in [7, 11) is 2.34. The molecule has 3 rings (SSSR count). The van der Waals surface area contributed by atoms with E-state index in [0.29, 0.717) is 12.8 Å². The van der Waals surface area contributed by atoms with Gasteiger partial charge in [-0.05, 0) is 25.8 Å². The Balaban J connectivity index is 2.23. The molecular weight excluding hydrogens is 420 g/mol. The molecule has 172 valence electrons. The molecule has 0 aromatic heterocycles. The molecule has 32 heavy (non-hydrogen) atoms. The summed E-state index contributed by atoms with van der Waals surface area (Å²) in [5.41, 5.74) is -0.215. The average Bonchev–Trinajstić information content (AvgIpc) is 2.83. The Labute approximate surface area is 185 Å². The smallest absolute Gasteiger partial charge is 0.397 e. The number of carbonyl (C=O) groups excluding carboxylic acids is 4. The molecule has 1 saturated carbocycles. The number of fused-ring (bicyclic) bond motifs is 1. The molecule has 0 aromatic carbocycles. The standard InChI is InChI=1S/C21H26N4O7/c1-4-32-20(29)17(26)25(13-9-6-5-7-10-13)16-14(18(27)30-2)15(19(28)31-3)24-12-8-11-22-21(24)23-16/h8,11-13,15H,4-7,9-10H2,1-3H3. The number of amides is 1. The van der Waals surface area contributed by atoms with Crippen LogP contribution in [0.15, 0.2) is 33.7 Å². The first-order chi connectivity index (χ1) is 15.4. The molecular formula is C21H26N4O7. The number of aliphatic imine (C=N–C) groups is 2. The van der Waals surface area contributed by atoms with E-state index in [1.54, 1.807) is 13.0 Å².